The van der Waals surface area contributed by atoms with Crippen molar-refractivity contribution in [3.8, 4) is 5.75 Å². The minimum atomic E-state index is -0.268. The number of nitrogens with one attached hydrogen (secondary N) is 1. The lowest BCUT2D eigenvalue weighted by molar-refractivity contribution is 0.0958. The van der Waals surface area contributed by atoms with E-state index in [0.29, 0.717) is 4.88 Å². The molecular weight excluding hydrogens is 212 g/mol. The van der Waals surface area contributed by atoms with Crippen molar-refractivity contribution in [1.29, 1.82) is 0 Å². The van der Waals surface area contributed by atoms with Crippen molar-refractivity contribution in [1.82, 2.24) is 5.43 Å². The SMILES string of the molecule is COc1ccc2cc(C(=O)NN)sc2c1. The summed E-state index contributed by atoms with van der Waals surface area (Å²) in [7, 11) is 1.61. The third kappa shape index (κ3) is 1.79. The normalized spacial score (nSPS) is 10.3. The fourth-order valence-electron chi connectivity index (χ4n) is 1.32. The van der Waals surface area contributed by atoms with Crippen LogP contribution in [0.3, 0.4) is 0 Å². The highest BCUT2D eigenvalue weighted by Crippen LogP contribution is 2.28. The first-order valence-electron chi connectivity index (χ1n) is 4.33. The monoisotopic (exact) mass is 222 g/mol. The van der Waals surface area contributed by atoms with Gasteiger partial charge in [0.15, 0.2) is 0 Å². The lowest BCUT2D eigenvalue weighted by Crippen LogP contribution is -2.29. The zero-order valence-electron chi connectivity index (χ0n) is 8.11. The minimum Gasteiger partial charge on any atom is -0.497 e. The molecule has 15 heavy (non-hydrogen) atoms. The Labute approximate surface area is 90.6 Å². The van der Waals surface area contributed by atoms with Crippen LogP contribution in [0.5, 0.6) is 5.75 Å². The molecule has 2 aromatic rings. The van der Waals surface area contributed by atoms with E-state index in [1.54, 1.807) is 7.11 Å². The molecule has 0 unspecified atom stereocenters. The molecule has 0 spiro atoms. The molecule has 0 aliphatic rings. The summed E-state index contributed by atoms with van der Waals surface area (Å²) >= 11 is 1.39. The number of hydrogen-bond donors (Lipinski definition) is 2. The van der Waals surface area contributed by atoms with E-state index in [0.717, 1.165) is 15.8 Å². The molecule has 78 valence electrons. The van der Waals surface area contributed by atoms with Crippen molar-refractivity contribution in [2.45, 2.75) is 0 Å². The summed E-state index contributed by atoms with van der Waals surface area (Å²) in [6.07, 6.45) is 0. The van der Waals surface area contributed by atoms with Gasteiger partial charge in [-0.3, -0.25) is 10.2 Å². The van der Waals surface area contributed by atoms with Gasteiger partial charge in [-0.15, -0.1) is 11.3 Å². The molecule has 0 aliphatic carbocycles. The van der Waals surface area contributed by atoms with Gasteiger partial charge in [0.1, 0.15) is 5.75 Å². The minimum absolute atomic E-state index is 0.268. The molecule has 0 bridgehead atoms. The number of hydrogen-bond acceptors (Lipinski definition) is 4. The fourth-order valence-corrected chi connectivity index (χ4v) is 2.32. The van der Waals surface area contributed by atoms with Crippen molar-refractivity contribution in [3.63, 3.8) is 0 Å². The van der Waals surface area contributed by atoms with E-state index in [2.05, 4.69) is 5.43 Å². The fraction of sp³-hybridized carbons (Fsp3) is 0.100. The number of nitrogen functional groups attached to an aromatic ring is 1. The van der Waals surface area contributed by atoms with E-state index in [1.807, 2.05) is 24.3 Å². The highest BCUT2D eigenvalue weighted by Gasteiger charge is 2.08. The molecule has 3 N–H and O–H groups in total. The molecule has 0 radical (unpaired) electrons. The molecule has 1 aromatic heterocycles. The predicted molar refractivity (Wildman–Crippen MR) is 60.0 cm³/mol. The summed E-state index contributed by atoms with van der Waals surface area (Å²) in [6.45, 7) is 0. The summed E-state index contributed by atoms with van der Waals surface area (Å²) in [4.78, 5) is 11.9. The molecule has 0 atom stereocenters. The third-order valence-corrected chi connectivity index (χ3v) is 3.18. The maximum absolute atomic E-state index is 11.3. The summed E-state index contributed by atoms with van der Waals surface area (Å²) in [5, 5.41) is 1.01. The summed E-state index contributed by atoms with van der Waals surface area (Å²) in [6, 6.07) is 7.48. The zero-order valence-corrected chi connectivity index (χ0v) is 8.93. The molecular formula is C10H10N2O2S. The van der Waals surface area contributed by atoms with Crippen molar-refractivity contribution in [2.24, 2.45) is 5.84 Å². The van der Waals surface area contributed by atoms with Gasteiger partial charge in [-0.25, -0.2) is 5.84 Å². The van der Waals surface area contributed by atoms with E-state index in [4.69, 9.17) is 10.6 Å². The number of carbonyl (C=O) groups excluding carboxylic acids is 1. The number of fused-ring (bicyclic) bond motifs is 1. The molecule has 1 amide bonds. The zero-order chi connectivity index (χ0) is 10.8. The highest BCUT2D eigenvalue weighted by molar-refractivity contribution is 7.20. The van der Waals surface area contributed by atoms with E-state index < -0.39 is 0 Å². The van der Waals surface area contributed by atoms with Crippen LogP contribution in [0.15, 0.2) is 24.3 Å². The molecule has 4 nitrogen and oxygen atoms in total. The summed E-state index contributed by atoms with van der Waals surface area (Å²) in [5.74, 6) is 5.58. The Hall–Kier alpha value is -1.59. The predicted octanol–water partition coefficient (Wildman–Crippen LogP) is 1.51. The third-order valence-electron chi connectivity index (χ3n) is 2.08. The first-order valence-corrected chi connectivity index (χ1v) is 5.15. The Kier molecular flexibility index (Phi) is 2.57. The van der Waals surface area contributed by atoms with Crippen molar-refractivity contribution in [2.75, 3.05) is 7.11 Å². The van der Waals surface area contributed by atoms with E-state index in [-0.39, 0.29) is 5.91 Å². The summed E-state index contributed by atoms with van der Waals surface area (Å²) < 4.78 is 6.11. The number of rotatable bonds is 2. The number of hydrazine groups is 1. The molecule has 0 fully saturated rings. The van der Waals surface area contributed by atoms with Crippen LogP contribution in [0.25, 0.3) is 10.1 Å². The molecule has 2 rings (SSSR count). The summed E-state index contributed by atoms with van der Waals surface area (Å²) in [5.41, 5.74) is 2.11. The second-order valence-corrected chi connectivity index (χ2v) is 4.07. The van der Waals surface area contributed by atoms with E-state index >= 15 is 0 Å². The van der Waals surface area contributed by atoms with Crippen LogP contribution in [0.2, 0.25) is 0 Å². The number of nitrogens with two attached hydrogens (primary N) is 1. The van der Waals surface area contributed by atoms with Gasteiger partial charge in [0.2, 0.25) is 0 Å². The van der Waals surface area contributed by atoms with Crippen molar-refractivity contribution < 1.29 is 9.53 Å². The Morgan fingerprint density at radius 3 is 2.93 bits per heavy atom. The van der Waals surface area contributed by atoms with Crippen LogP contribution in [0.1, 0.15) is 9.67 Å². The Balaban J connectivity index is 2.51. The second kappa shape index (κ2) is 3.88. The van der Waals surface area contributed by atoms with E-state index in [9.17, 15) is 4.79 Å². The Bertz CT molecular complexity index is 507. The van der Waals surface area contributed by atoms with Crippen LogP contribution >= 0.6 is 11.3 Å². The van der Waals surface area contributed by atoms with Crippen molar-refractivity contribution in [3.05, 3.63) is 29.1 Å². The van der Waals surface area contributed by atoms with Crippen LogP contribution in [0, 0.1) is 0 Å². The number of benzene rings is 1. The topological polar surface area (TPSA) is 64.3 Å². The Morgan fingerprint density at radius 1 is 1.47 bits per heavy atom. The molecule has 0 saturated carbocycles. The number of methoxy groups -OCH3 is 1. The number of thiophene rings is 1. The Morgan fingerprint density at radius 2 is 2.27 bits per heavy atom. The first-order chi connectivity index (χ1) is 7.24. The molecule has 0 aliphatic heterocycles. The molecule has 5 heteroatoms. The van der Waals surface area contributed by atoms with Gasteiger partial charge in [-0.1, -0.05) is 0 Å². The highest BCUT2D eigenvalue weighted by atomic mass is 32.1. The van der Waals surface area contributed by atoms with Crippen LogP contribution in [0.4, 0.5) is 0 Å². The van der Waals surface area contributed by atoms with Gasteiger partial charge < -0.3 is 4.74 Å². The van der Waals surface area contributed by atoms with Crippen LogP contribution in [-0.2, 0) is 0 Å². The lowest BCUT2D eigenvalue weighted by atomic mass is 10.2. The van der Waals surface area contributed by atoms with E-state index in [1.165, 1.54) is 11.3 Å². The van der Waals surface area contributed by atoms with Crippen LogP contribution < -0.4 is 16.0 Å². The van der Waals surface area contributed by atoms with Gasteiger partial charge in [-0.2, -0.15) is 0 Å². The molecule has 0 saturated heterocycles. The maximum Gasteiger partial charge on any atom is 0.275 e. The average molecular weight is 222 g/mol. The van der Waals surface area contributed by atoms with Crippen LogP contribution in [-0.4, -0.2) is 13.0 Å². The standard InChI is InChI=1S/C10H10N2O2S/c1-14-7-3-2-6-4-9(10(13)12-11)15-8(6)5-7/h2-5H,11H2,1H3,(H,12,13). The van der Waals surface area contributed by atoms with Gasteiger partial charge in [0.25, 0.3) is 5.91 Å². The quantitative estimate of drug-likeness (QED) is 0.460. The number of carbonyl (C=O) groups is 1. The number of amides is 1. The lowest BCUT2D eigenvalue weighted by Gasteiger charge is -1.97. The second-order valence-electron chi connectivity index (χ2n) is 2.99. The van der Waals surface area contributed by atoms with Gasteiger partial charge in [0.05, 0.1) is 12.0 Å². The van der Waals surface area contributed by atoms with Gasteiger partial charge in [-0.05, 0) is 29.7 Å². The largest absolute Gasteiger partial charge is 0.497 e. The number of ether oxygens (including phenoxy) is 1. The smallest absolute Gasteiger partial charge is 0.275 e. The van der Waals surface area contributed by atoms with Gasteiger partial charge >= 0.3 is 0 Å². The molecule has 1 aromatic carbocycles. The van der Waals surface area contributed by atoms with Crippen molar-refractivity contribution >= 4 is 27.3 Å². The van der Waals surface area contributed by atoms with Gasteiger partial charge in [0, 0.05) is 4.70 Å². The molecule has 1 heterocycles. The average Bonchev–Trinajstić information content (AvgIpc) is 2.70. The maximum atomic E-state index is 11.3. The first kappa shape index (κ1) is 9.95.